The summed E-state index contributed by atoms with van der Waals surface area (Å²) in [4.78, 5) is 32.9. The maximum absolute atomic E-state index is 13.4. The van der Waals surface area contributed by atoms with E-state index in [0.29, 0.717) is 30.1 Å². The number of aryl methyl sites for hydroxylation is 1. The van der Waals surface area contributed by atoms with Crippen molar-refractivity contribution in [3.05, 3.63) is 77.8 Å². The summed E-state index contributed by atoms with van der Waals surface area (Å²) >= 11 is 1.46. The second-order valence-corrected chi connectivity index (χ2v) is 9.77. The number of thiophene rings is 1. The molecule has 0 radical (unpaired) electrons. The van der Waals surface area contributed by atoms with Gasteiger partial charge < -0.3 is 20.7 Å². The summed E-state index contributed by atoms with van der Waals surface area (Å²) in [5.74, 6) is 1.46. The van der Waals surface area contributed by atoms with Gasteiger partial charge in [-0.2, -0.15) is 0 Å². The second-order valence-electron chi connectivity index (χ2n) is 8.77. The molecule has 0 aliphatic carbocycles. The number of carbonyl (C=O) groups is 2. The zero-order valence-corrected chi connectivity index (χ0v) is 20.3. The van der Waals surface area contributed by atoms with Gasteiger partial charge in [0.25, 0.3) is 0 Å². The van der Waals surface area contributed by atoms with E-state index in [2.05, 4.69) is 27.5 Å². The smallest absolute Gasteiger partial charge is 0.331 e. The highest BCUT2D eigenvalue weighted by Crippen LogP contribution is 2.48. The maximum atomic E-state index is 13.4. The Hall–Kier alpha value is -4.37. The third-order valence-electron chi connectivity index (χ3n) is 6.26. The third-order valence-corrected chi connectivity index (χ3v) is 7.42. The molecule has 2 aromatic carbocycles. The van der Waals surface area contributed by atoms with Crippen LogP contribution < -0.4 is 25.6 Å². The van der Waals surface area contributed by atoms with Crippen molar-refractivity contribution < 1.29 is 14.3 Å². The number of pyridine rings is 1. The highest BCUT2D eigenvalue weighted by atomic mass is 32.1. The van der Waals surface area contributed by atoms with E-state index in [1.54, 1.807) is 11.1 Å². The molecule has 180 valence electrons. The molecule has 3 N–H and O–H groups in total. The van der Waals surface area contributed by atoms with E-state index in [0.717, 1.165) is 37.8 Å². The van der Waals surface area contributed by atoms with E-state index >= 15 is 0 Å². The van der Waals surface area contributed by atoms with Gasteiger partial charge in [0.05, 0.1) is 33.4 Å². The van der Waals surface area contributed by atoms with E-state index < -0.39 is 0 Å². The quantitative estimate of drug-likeness (QED) is 0.326. The van der Waals surface area contributed by atoms with Crippen molar-refractivity contribution in [3.8, 4) is 11.5 Å². The molecular formula is C27H23N5O3S. The highest BCUT2D eigenvalue weighted by Gasteiger charge is 2.33. The molecule has 4 aromatic rings. The van der Waals surface area contributed by atoms with Crippen molar-refractivity contribution in [1.29, 1.82) is 0 Å². The summed E-state index contributed by atoms with van der Waals surface area (Å²) in [6.07, 6.45) is 2.11. The molecule has 2 aromatic heterocycles. The van der Waals surface area contributed by atoms with Crippen LogP contribution in [0.2, 0.25) is 0 Å². The van der Waals surface area contributed by atoms with Crippen LogP contribution in [-0.2, 0) is 4.79 Å². The molecule has 0 spiro atoms. The lowest BCUT2D eigenvalue weighted by Gasteiger charge is -2.30. The Kier molecular flexibility index (Phi) is 5.34. The Morgan fingerprint density at radius 3 is 2.72 bits per heavy atom. The van der Waals surface area contributed by atoms with Crippen molar-refractivity contribution in [3.63, 3.8) is 0 Å². The first-order chi connectivity index (χ1) is 17.5. The number of anilines is 3. The molecule has 2 aliphatic rings. The lowest BCUT2D eigenvalue weighted by molar-refractivity contribution is -0.119. The predicted molar refractivity (Wildman–Crippen MR) is 142 cm³/mol. The highest BCUT2D eigenvalue weighted by molar-refractivity contribution is 7.20. The lowest BCUT2D eigenvalue weighted by Crippen LogP contribution is -2.35. The predicted octanol–water partition coefficient (Wildman–Crippen LogP) is 5.53. The molecule has 0 bridgehead atoms. The molecule has 6 rings (SSSR count). The summed E-state index contributed by atoms with van der Waals surface area (Å²) in [5, 5.41) is 10.1. The van der Waals surface area contributed by atoms with Gasteiger partial charge in [-0.3, -0.25) is 9.69 Å². The summed E-state index contributed by atoms with van der Waals surface area (Å²) in [6.45, 7) is 6.69. The van der Waals surface area contributed by atoms with Gasteiger partial charge in [-0.1, -0.05) is 24.8 Å². The van der Waals surface area contributed by atoms with Crippen LogP contribution in [0, 0.1) is 6.92 Å². The number of nitrogens with one attached hydrogen (secondary N) is 3. The Morgan fingerprint density at radius 2 is 1.97 bits per heavy atom. The normalized spacial score (nSPS) is 16.6. The summed E-state index contributed by atoms with van der Waals surface area (Å²) in [5.41, 5.74) is 3.76. The van der Waals surface area contributed by atoms with E-state index in [-0.39, 0.29) is 18.0 Å². The minimum atomic E-state index is -0.264. The lowest BCUT2D eigenvalue weighted by atomic mass is 10.1. The average molecular weight is 498 g/mol. The van der Waals surface area contributed by atoms with Crippen LogP contribution >= 0.6 is 11.3 Å². The minimum Gasteiger partial charge on any atom is -0.457 e. The van der Waals surface area contributed by atoms with Crippen molar-refractivity contribution in [2.45, 2.75) is 19.4 Å². The number of aromatic nitrogens is 1. The molecule has 0 saturated carbocycles. The molecule has 9 heteroatoms. The van der Waals surface area contributed by atoms with Gasteiger partial charge >= 0.3 is 6.03 Å². The van der Waals surface area contributed by atoms with E-state index in [9.17, 15) is 9.59 Å². The molecule has 3 amide bonds. The van der Waals surface area contributed by atoms with Crippen LogP contribution in [0.4, 0.5) is 21.9 Å². The van der Waals surface area contributed by atoms with E-state index in [4.69, 9.17) is 4.74 Å². The number of carbonyl (C=O) groups excluding carboxylic acids is 2. The van der Waals surface area contributed by atoms with Gasteiger partial charge in [-0.15, -0.1) is 11.3 Å². The number of benzene rings is 2. The van der Waals surface area contributed by atoms with Crippen LogP contribution in [0.1, 0.15) is 16.9 Å². The van der Waals surface area contributed by atoms with Crippen LogP contribution in [-0.4, -0.2) is 29.5 Å². The molecule has 1 saturated heterocycles. The Morgan fingerprint density at radius 1 is 1.14 bits per heavy atom. The third kappa shape index (κ3) is 3.83. The number of urea groups is 1. The fourth-order valence-corrected chi connectivity index (χ4v) is 5.68. The Balaban J connectivity index is 1.35. The number of hydrogen-bond acceptors (Lipinski definition) is 6. The average Bonchev–Trinajstić information content (AvgIpc) is 3.44. The van der Waals surface area contributed by atoms with Crippen LogP contribution in [0.5, 0.6) is 11.5 Å². The van der Waals surface area contributed by atoms with Gasteiger partial charge in [0.2, 0.25) is 5.91 Å². The van der Waals surface area contributed by atoms with Gasteiger partial charge in [0, 0.05) is 24.9 Å². The fourth-order valence-electron chi connectivity index (χ4n) is 4.62. The monoisotopic (exact) mass is 497 g/mol. The zero-order valence-electron chi connectivity index (χ0n) is 19.5. The van der Waals surface area contributed by atoms with Crippen molar-refractivity contribution >= 4 is 56.3 Å². The first-order valence-electron chi connectivity index (χ1n) is 11.6. The number of para-hydroxylation sites is 1. The van der Waals surface area contributed by atoms with Gasteiger partial charge in [-0.05, 0) is 48.9 Å². The van der Waals surface area contributed by atoms with Crippen LogP contribution in [0.3, 0.4) is 0 Å². The zero-order chi connectivity index (χ0) is 24.8. The molecular weight excluding hydrogens is 474 g/mol. The number of hydrogen-bond donors (Lipinski definition) is 3. The Labute approximate surface area is 211 Å². The molecule has 0 unspecified atom stereocenters. The summed E-state index contributed by atoms with van der Waals surface area (Å²) in [6, 6.07) is 16.8. The molecule has 1 fully saturated rings. The summed E-state index contributed by atoms with van der Waals surface area (Å²) in [7, 11) is 0. The molecule has 2 aliphatic heterocycles. The first kappa shape index (κ1) is 22.1. The summed E-state index contributed by atoms with van der Waals surface area (Å²) < 4.78 is 5.96. The van der Waals surface area contributed by atoms with E-state index in [1.807, 2.05) is 61.5 Å². The maximum Gasteiger partial charge on any atom is 0.331 e. The SMILES string of the molecule is C=C(N[C@@H]1CNC(=O)C1)c1sc2nccc3c2c1NC(=O)N3c1ccc(Oc2ccccc2)cc1C. The molecule has 8 nitrogen and oxygen atoms in total. The van der Waals surface area contributed by atoms with Crippen LogP contribution in [0.15, 0.2) is 67.4 Å². The van der Waals surface area contributed by atoms with Gasteiger partial charge in [0.1, 0.15) is 16.3 Å². The van der Waals surface area contributed by atoms with Crippen molar-refractivity contribution in [1.82, 2.24) is 15.6 Å². The van der Waals surface area contributed by atoms with E-state index in [1.165, 1.54) is 11.3 Å². The number of amides is 3. The number of ether oxygens (including phenoxy) is 1. The van der Waals surface area contributed by atoms with Crippen molar-refractivity contribution in [2.24, 2.45) is 0 Å². The molecule has 36 heavy (non-hydrogen) atoms. The number of rotatable bonds is 6. The Bertz CT molecular complexity index is 1530. The van der Waals surface area contributed by atoms with Gasteiger partial charge in [0.15, 0.2) is 0 Å². The van der Waals surface area contributed by atoms with Gasteiger partial charge in [-0.25, -0.2) is 9.78 Å². The molecule has 4 heterocycles. The van der Waals surface area contributed by atoms with Crippen molar-refractivity contribution in [2.75, 3.05) is 16.8 Å². The standard InChI is InChI=1S/C27H23N5O3S/c1-15-12-19(35-18-6-4-3-5-7-18)8-9-20(15)32-21-10-11-28-26-23(21)24(31-27(32)34)25(36-26)16(2)30-17-13-22(33)29-14-17/h3-12,17,30H,2,13-14H2,1H3,(H,29,33)(H,31,34)/t17-/m0/s1. The van der Waals surface area contributed by atoms with Crippen LogP contribution in [0.25, 0.3) is 15.9 Å². The second kappa shape index (κ2) is 8.69. The minimum absolute atomic E-state index is 0.0152. The fraction of sp³-hybridized carbons (Fsp3) is 0.148. The largest absolute Gasteiger partial charge is 0.457 e. The molecule has 1 atom stereocenters. The number of nitrogens with zero attached hydrogens (tertiary/aromatic N) is 2. The topological polar surface area (TPSA) is 95.6 Å². The first-order valence-corrected chi connectivity index (χ1v) is 12.4.